The Morgan fingerprint density at radius 1 is 1.62 bits per heavy atom. The van der Waals surface area contributed by atoms with Crippen LogP contribution in [-0.2, 0) is 11.2 Å². The lowest BCUT2D eigenvalue weighted by atomic mass is 10.4. The van der Waals surface area contributed by atoms with Crippen molar-refractivity contribution in [2.24, 2.45) is 0 Å². The first-order valence-electron chi connectivity index (χ1n) is 3.86. The molecule has 0 aliphatic carbocycles. The van der Waals surface area contributed by atoms with E-state index in [2.05, 4.69) is 27.6 Å². The topological polar surface area (TPSA) is 34.4 Å². The van der Waals surface area contributed by atoms with Crippen LogP contribution in [0.15, 0.2) is 24.5 Å². The summed E-state index contributed by atoms with van der Waals surface area (Å²) in [6.07, 6.45) is 5.07. The number of carbonyl (C=O) groups excluding carboxylic acids is 1. The van der Waals surface area contributed by atoms with Crippen LogP contribution in [0.2, 0.25) is 0 Å². The largest absolute Gasteiger partial charge is 0.307 e. The van der Waals surface area contributed by atoms with Gasteiger partial charge < -0.3 is 9.20 Å². The maximum absolute atomic E-state index is 10.3. The van der Waals surface area contributed by atoms with Crippen LogP contribution in [0, 0.1) is 3.57 Å². The lowest BCUT2D eigenvalue weighted by Crippen LogP contribution is -1.83. The molecule has 4 heteroatoms. The third-order valence-corrected chi connectivity index (χ3v) is 2.44. The Morgan fingerprint density at radius 2 is 2.46 bits per heavy atom. The number of carbonyl (C=O) groups is 1. The molecule has 0 aliphatic heterocycles. The predicted molar refractivity (Wildman–Crippen MR) is 57.7 cm³/mol. The molecule has 0 radical (unpaired) electrons. The molecule has 0 spiro atoms. The number of nitrogens with zero attached hydrogens (tertiary/aromatic N) is 2. The van der Waals surface area contributed by atoms with Crippen molar-refractivity contribution in [3.8, 4) is 0 Å². The second-order valence-electron chi connectivity index (χ2n) is 2.71. The number of aromatic nitrogens is 2. The molecular formula is C9H7IN2O. The number of aldehydes is 1. The molecule has 2 aromatic rings. The Balaban J connectivity index is 2.55. The maximum Gasteiger partial charge on any atom is 0.138 e. The van der Waals surface area contributed by atoms with Gasteiger partial charge in [0.05, 0.1) is 5.69 Å². The van der Waals surface area contributed by atoms with Crippen LogP contribution in [0.3, 0.4) is 0 Å². The zero-order chi connectivity index (χ0) is 9.26. The summed E-state index contributed by atoms with van der Waals surface area (Å²) in [5.74, 6) is 0. The Bertz CT molecular complexity index is 450. The van der Waals surface area contributed by atoms with E-state index >= 15 is 0 Å². The van der Waals surface area contributed by atoms with Crippen molar-refractivity contribution in [2.45, 2.75) is 6.42 Å². The molecule has 0 unspecified atom stereocenters. The minimum Gasteiger partial charge on any atom is -0.307 e. The van der Waals surface area contributed by atoms with E-state index in [1.165, 1.54) is 0 Å². The first kappa shape index (κ1) is 8.68. The van der Waals surface area contributed by atoms with Gasteiger partial charge in [0.1, 0.15) is 11.9 Å². The summed E-state index contributed by atoms with van der Waals surface area (Å²) in [5.41, 5.74) is 1.71. The van der Waals surface area contributed by atoms with Gasteiger partial charge in [0.2, 0.25) is 0 Å². The number of pyridine rings is 1. The maximum atomic E-state index is 10.3. The smallest absolute Gasteiger partial charge is 0.138 e. The molecule has 3 nitrogen and oxygen atoms in total. The van der Waals surface area contributed by atoms with Crippen LogP contribution in [0.1, 0.15) is 5.69 Å². The molecule has 0 atom stereocenters. The molecule has 66 valence electrons. The van der Waals surface area contributed by atoms with Gasteiger partial charge >= 0.3 is 0 Å². The molecule has 0 N–H and O–H groups in total. The second-order valence-corrected chi connectivity index (χ2v) is 3.96. The third kappa shape index (κ3) is 1.72. The van der Waals surface area contributed by atoms with Crippen molar-refractivity contribution in [3.63, 3.8) is 0 Å². The van der Waals surface area contributed by atoms with Crippen LogP contribution in [-0.4, -0.2) is 15.7 Å². The van der Waals surface area contributed by atoms with E-state index in [4.69, 9.17) is 0 Å². The molecule has 0 aromatic carbocycles. The van der Waals surface area contributed by atoms with Gasteiger partial charge in [-0.15, -0.1) is 0 Å². The second kappa shape index (κ2) is 3.45. The van der Waals surface area contributed by atoms with Crippen molar-refractivity contribution in [2.75, 3.05) is 0 Å². The molecule has 0 amide bonds. The fourth-order valence-electron chi connectivity index (χ4n) is 1.19. The minimum atomic E-state index is 0.387. The van der Waals surface area contributed by atoms with E-state index in [-0.39, 0.29) is 0 Å². The third-order valence-electron chi connectivity index (χ3n) is 1.76. The van der Waals surface area contributed by atoms with E-state index in [0.717, 1.165) is 21.2 Å². The molecule has 0 bridgehead atoms. The Hall–Kier alpha value is -0.910. The van der Waals surface area contributed by atoms with Crippen LogP contribution in [0.5, 0.6) is 0 Å². The average Bonchev–Trinajstić information content (AvgIpc) is 2.46. The van der Waals surface area contributed by atoms with Gasteiger partial charge in [0, 0.05) is 22.4 Å². The summed E-state index contributed by atoms with van der Waals surface area (Å²) in [6, 6.07) is 3.98. The Kier molecular flexibility index (Phi) is 2.30. The van der Waals surface area contributed by atoms with Gasteiger partial charge in [-0.25, -0.2) is 4.98 Å². The summed E-state index contributed by atoms with van der Waals surface area (Å²) >= 11 is 2.24. The van der Waals surface area contributed by atoms with Crippen molar-refractivity contribution in [1.82, 2.24) is 9.38 Å². The van der Waals surface area contributed by atoms with Gasteiger partial charge in [0.15, 0.2) is 0 Å². The lowest BCUT2D eigenvalue weighted by Gasteiger charge is -1.91. The number of fused-ring (bicyclic) bond motifs is 1. The minimum absolute atomic E-state index is 0.387. The molecule has 0 fully saturated rings. The van der Waals surface area contributed by atoms with Crippen molar-refractivity contribution < 1.29 is 4.79 Å². The fourth-order valence-corrected chi connectivity index (χ4v) is 1.63. The van der Waals surface area contributed by atoms with Gasteiger partial charge in [-0.2, -0.15) is 0 Å². The molecule has 0 aliphatic rings. The molecular weight excluding hydrogens is 279 g/mol. The van der Waals surface area contributed by atoms with Crippen LogP contribution in [0.4, 0.5) is 0 Å². The van der Waals surface area contributed by atoms with Gasteiger partial charge in [-0.3, -0.25) is 0 Å². The van der Waals surface area contributed by atoms with E-state index in [1.807, 2.05) is 28.9 Å². The highest BCUT2D eigenvalue weighted by molar-refractivity contribution is 14.1. The fraction of sp³-hybridized carbons (Fsp3) is 0.111. The summed E-state index contributed by atoms with van der Waals surface area (Å²) in [7, 11) is 0. The van der Waals surface area contributed by atoms with Crippen molar-refractivity contribution in [1.29, 1.82) is 0 Å². The summed E-state index contributed by atoms with van der Waals surface area (Å²) in [6.45, 7) is 0. The lowest BCUT2D eigenvalue weighted by molar-refractivity contribution is -0.107. The number of hydrogen-bond acceptors (Lipinski definition) is 2. The zero-order valence-corrected chi connectivity index (χ0v) is 8.93. The first-order valence-corrected chi connectivity index (χ1v) is 4.94. The Labute approximate surface area is 88.9 Å². The van der Waals surface area contributed by atoms with Crippen molar-refractivity contribution in [3.05, 3.63) is 33.8 Å². The first-order chi connectivity index (χ1) is 6.29. The standard InChI is InChI=1S/C9H7IN2O/c10-7-1-3-12-6-8(2-4-13)11-9(12)5-7/h1,3-6H,2H2. The monoisotopic (exact) mass is 286 g/mol. The molecule has 2 aromatic heterocycles. The summed E-state index contributed by atoms with van der Waals surface area (Å²) in [4.78, 5) is 14.6. The molecule has 2 rings (SSSR count). The van der Waals surface area contributed by atoms with E-state index < -0.39 is 0 Å². The highest BCUT2D eigenvalue weighted by Crippen LogP contribution is 2.09. The molecule has 13 heavy (non-hydrogen) atoms. The number of rotatable bonds is 2. The zero-order valence-electron chi connectivity index (χ0n) is 6.77. The average molecular weight is 286 g/mol. The Morgan fingerprint density at radius 3 is 3.23 bits per heavy atom. The summed E-state index contributed by atoms with van der Waals surface area (Å²) < 4.78 is 3.06. The van der Waals surface area contributed by atoms with Crippen LogP contribution in [0.25, 0.3) is 5.65 Å². The van der Waals surface area contributed by atoms with E-state index in [9.17, 15) is 4.79 Å². The quantitative estimate of drug-likeness (QED) is 0.622. The number of imidazole rings is 1. The van der Waals surface area contributed by atoms with Gasteiger partial charge in [-0.1, -0.05) is 0 Å². The SMILES string of the molecule is O=CCc1cn2ccc(I)cc2n1. The van der Waals surface area contributed by atoms with Crippen LogP contribution >= 0.6 is 22.6 Å². The normalized spacial score (nSPS) is 10.5. The highest BCUT2D eigenvalue weighted by Gasteiger charge is 2.00. The molecule has 0 saturated carbocycles. The number of halogens is 1. The van der Waals surface area contributed by atoms with E-state index in [0.29, 0.717) is 6.42 Å². The molecule has 0 saturated heterocycles. The van der Waals surface area contributed by atoms with E-state index in [1.54, 1.807) is 0 Å². The van der Waals surface area contributed by atoms with Crippen LogP contribution < -0.4 is 0 Å². The van der Waals surface area contributed by atoms with Crippen molar-refractivity contribution >= 4 is 34.5 Å². The predicted octanol–water partition coefficient (Wildman–Crippen LogP) is 1.68. The highest BCUT2D eigenvalue weighted by atomic mass is 127. The summed E-state index contributed by atoms with van der Waals surface area (Å²) in [5, 5.41) is 0. The van der Waals surface area contributed by atoms with Gasteiger partial charge in [-0.05, 0) is 34.7 Å². The number of hydrogen-bond donors (Lipinski definition) is 0. The van der Waals surface area contributed by atoms with Gasteiger partial charge in [0.25, 0.3) is 0 Å². The molecule has 2 heterocycles.